The molecule has 11 heteroatoms. The Balaban J connectivity index is 1.80. The molecule has 0 spiro atoms. The molecule has 0 fully saturated rings. The first-order chi connectivity index (χ1) is 12.5. The van der Waals surface area contributed by atoms with E-state index in [0.29, 0.717) is 17.9 Å². The van der Waals surface area contributed by atoms with Crippen molar-refractivity contribution in [2.45, 2.75) is 32.0 Å². The van der Waals surface area contributed by atoms with E-state index in [2.05, 4.69) is 31.3 Å². The smallest absolute Gasteiger partial charge is 0.405 e. The van der Waals surface area contributed by atoms with Crippen molar-refractivity contribution < 1.29 is 19.5 Å². The second kappa shape index (κ2) is 7.17. The molecule has 3 amide bonds. The molecule has 0 radical (unpaired) electrons. The lowest BCUT2D eigenvalue weighted by Gasteiger charge is -2.27. The van der Waals surface area contributed by atoms with Gasteiger partial charge >= 0.3 is 6.09 Å². The molecule has 2 heterocycles. The maximum atomic E-state index is 12.8. The lowest BCUT2D eigenvalue weighted by atomic mass is 10.1. The number of para-hydroxylation sites is 1. The zero-order chi connectivity index (χ0) is 18.7. The van der Waals surface area contributed by atoms with Gasteiger partial charge in [0.25, 0.3) is 0 Å². The minimum absolute atomic E-state index is 0.0626. The molecule has 4 N–H and O–H groups in total. The second-order valence-electron chi connectivity index (χ2n) is 5.77. The molecule has 0 saturated heterocycles. The molecule has 2 atom stereocenters. The number of anilines is 1. The van der Waals surface area contributed by atoms with Crippen LogP contribution in [0, 0.1) is 0 Å². The summed E-state index contributed by atoms with van der Waals surface area (Å²) in [4.78, 5) is 37.6. The average molecular weight is 359 g/mol. The number of tetrazole rings is 1. The van der Waals surface area contributed by atoms with Crippen molar-refractivity contribution in [2.75, 3.05) is 4.90 Å². The van der Waals surface area contributed by atoms with Gasteiger partial charge in [0.1, 0.15) is 12.1 Å². The van der Waals surface area contributed by atoms with Gasteiger partial charge < -0.3 is 15.7 Å². The molecule has 1 aromatic carbocycles. The van der Waals surface area contributed by atoms with Gasteiger partial charge in [0.15, 0.2) is 5.82 Å². The largest absolute Gasteiger partial charge is 0.465 e. The van der Waals surface area contributed by atoms with Crippen LogP contribution in [-0.2, 0) is 22.6 Å². The van der Waals surface area contributed by atoms with E-state index in [1.807, 2.05) is 12.1 Å². The molecule has 0 bridgehead atoms. The number of aromatic nitrogens is 4. The van der Waals surface area contributed by atoms with Crippen molar-refractivity contribution >= 4 is 23.6 Å². The Morgan fingerprint density at radius 3 is 2.85 bits per heavy atom. The molecular formula is C15H17N7O4. The summed E-state index contributed by atoms with van der Waals surface area (Å²) in [5.74, 6) is -0.577. The minimum Gasteiger partial charge on any atom is -0.465 e. The Kier molecular flexibility index (Phi) is 4.78. The van der Waals surface area contributed by atoms with Gasteiger partial charge in [0.2, 0.25) is 11.8 Å². The third-order valence-electron chi connectivity index (χ3n) is 4.04. The summed E-state index contributed by atoms with van der Waals surface area (Å²) >= 11 is 0. The monoisotopic (exact) mass is 359 g/mol. The quantitative estimate of drug-likeness (QED) is 0.557. The SMILES string of the molecule is CC(NC(=O)O)C(=O)N1c2ccccc2C[C@@H]1C(=O)NCc1nn[nH]n1. The molecule has 26 heavy (non-hydrogen) atoms. The molecule has 1 aliphatic heterocycles. The fourth-order valence-corrected chi connectivity index (χ4v) is 2.87. The summed E-state index contributed by atoms with van der Waals surface area (Å²) < 4.78 is 0. The van der Waals surface area contributed by atoms with E-state index in [9.17, 15) is 14.4 Å². The summed E-state index contributed by atoms with van der Waals surface area (Å²) in [6, 6.07) is 5.36. The third kappa shape index (κ3) is 3.45. The van der Waals surface area contributed by atoms with Gasteiger partial charge in [0.05, 0.1) is 6.54 Å². The van der Waals surface area contributed by atoms with E-state index in [-0.39, 0.29) is 12.5 Å². The molecule has 0 saturated carbocycles. The number of hydrogen-bond acceptors (Lipinski definition) is 6. The van der Waals surface area contributed by atoms with Crippen LogP contribution in [0.25, 0.3) is 0 Å². The first kappa shape index (κ1) is 17.3. The summed E-state index contributed by atoms with van der Waals surface area (Å²) in [7, 11) is 0. The van der Waals surface area contributed by atoms with E-state index in [1.54, 1.807) is 12.1 Å². The Labute approximate surface area is 147 Å². The number of nitrogens with one attached hydrogen (secondary N) is 3. The van der Waals surface area contributed by atoms with Crippen molar-refractivity contribution in [3.63, 3.8) is 0 Å². The predicted molar refractivity (Wildman–Crippen MR) is 88.1 cm³/mol. The highest BCUT2D eigenvalue weighted by atomic mass is 16.4. The summed E-state index contributed by atoms with van der Waals surface area (Å²) in [6.45, 7) is 1.50. The molecular weight excluding hydrogens is 342 g/mol. The molecule has 1 aliphatic rings. The van der Waals surface area contributed by atoms with Crippen LogP contribution in [0.4, 0.5) is 10.5 Å². The number of benzene rings is 1. The van der Waals surface area contributed by atoms with Crippen molar-refractivity contribution in [2.24, 2.45) is 0 Å². The Morgan fingerprint density at radius 2 is 2.15 bits per heavy atom. The van der Waals surface area contributed by atoms with Crippen molar-refractivity contribution in [1.82, 2.24) is 31.3 Å². The third-order valence-corrected chi connectivity index (χ3v) is 4.04. The standard InChI is InChI=1S/C15H17N7O4/c1-8(17-15(25)26)14(24)22-10-5-3-2-4-9(10)6-11(22)13(23)16-7-12-18-20-21-19-12/h2-5,8,11,17H,6-7H2,1H3,(H,16,23)(H,25,26)(H,18,19,20,21)/t8?,11-/m1/s1. The average Bonchev–Trinajstić information content (AvgIpc) is 3.25. The van der Waals surface area contributed by atoms with Crippen LogP contribution < -0.4 is 15.5 Å². The number of carboxylic acid groups (broad SMARTS) is 1. The zero-order valence-corrected chi connectivity index (χ0v) is 13.8. The van der Waals surface area contributed by atoms with Gasteiger partial charge in [-0.25, -0.2) is 4.79 Å². The van der Waals surface area contributed by atoms with E-state index < -0.39 is 24.1 Å². The van der Waals surface area contributed by atoms with Crippen molar-refractivity contribution in [3.05, 3.63) is 35.7 Å². The lowest BCUT2D eigenvalue weighted by Crippen LogP contribution is -2.53. The van der Waals surface area contributed by atoms with E-state index in [1.165, 1.54) is 11.8 Å². The lowest BCUT2D eigenvalue weighted by molar-refractivity contribution is -0.126. The number of carbonyl (C=O) groups is 3. The van der Waals surface area contributed by atoms with Crippen LogP contribution in [0.2, 0.25) is 0 Å². The van der Waals surface area contributed by atoms with Gasteiger partial charge in [-0.2, -0.15) is 5.21 Å². The number of H-pyrrole nitrogens is 1. The van der Waals surface area contributed by atoms with Crippen LogP contribution in [0.5, 0.6) is 0 Å². The highest BCUT2D eigenvalue weighted by Crippen LogP contribution is 2.32. The fraction of sp³-hybridized carbons (Fsp3) is 0.333. The van der Waals surface area contributed by atoms with Crippen molar-refractivity contribution in [1.29, 1.82) is 0 Å². The van der Waals surface area contributed by atoms with E-state index in [4.69, 9.17) is 5.11 Å². The topological polar surface area (TPSA) is 153 Å². The Hall–Kier alpha value is -3.50. The molecule has 1 aromatic heterocycles. The molecule has 3 rings (SSSR count). The molecule has 0 aliphatic carbocycles. The van der Waals surface area contributed by atoms with Crippen LogP contribution in [0.15, 0.2) is 24.3 Å². The first-order valence-corrected chi connectivity index (χ1v) is 7.88. The maximum Gasteiger partial charge on any atom is 0.405 e. The van der Waals surface area contributed by atoms with Gasteiger partial charge in [-0.3, -0.25) is 14.5 Å². The van der Waals surface area contributed by atoms with Gasteiger partial charge in [-0.15, -0.1) is 10.2 Å². The van der Waals surface area contributed by atoms with E-state index in [0.717, 1.165) is 5.56 Å². The Bertz CT molecular complexity index is 823. The van der Waals surface area contributed by atoms with E-state index >= 15 is 0 Å². The first-order valence-electron chi connectivity index (χ1n) is 7.88. The minimum atomic E-state index is -1.31. The van der Waals surface area contributed by atoms with Crippen LogP contribution in [0.3, 0.4) is 0 Å². The van der Waals surface area contributed by atoms with Crippen molar-refractivity contribution in [3.8, 4) is 0 Å². The number of nitrogens with zero attached hydrogens (tertiary/aromatic N) is 4. The zero-order valence-electron chi connectivity index (χ0n) is 13.8. The van der Waals surface area contributed by atoms with Gasteiger partial charge in [-0.1, -0.05) is 23.4 Å². The number of aromatic amines is 1. The fourth-order valence-electron chi connectivity index (χ4n) is 2.87. The molecule has 2 aromatic rings. The maximum absolute atomic E-state index is 12.8. The van der Waals surface area contributed by atoms with Crippen LogP contribution >= 0.6 is 0 Å². The number of carbonyl (C=O) groups excluding carboxylic acids is 2. The molecule has 1 unspecified atom stereocenters. The summed E-state index contributed by atoms with van der Waals surface area (Å²) in [5.41, 5.74) is 1.43. The second-order valence-corrected chi connectivity index (χ2v) is 5.77. The number of rotatable bonds is 5. The summed E-state index contributed by atoms with van der Waals surface area (Å²) in [6.07, 6.45) is -0.976. The summed E-state index contributed by atoms with van der Waals surface area (Å²) in [5, 5.41) is 26.8. The normalized spacial score (nSPS) is 16.7. The number of amides is 3. The van der Waals surface area contributed by atoms with Gasteiger partial charge in [0, 0.05) is 12.1 Å². The predicted octanol–water partition coefficient (Wildman–Crippen LogP) is -0.570. The number of fused-ring (bicyclic) bond motifs is 1. The molecule has 136 valence electrons. The van der Waals surface area contributed by atoms with Crippen LogP contribution in [-0.4, -0.2) is 55.7 Å². The highest BCUT2D eigenvalue weighted by molar-refractivity contribution is 6.06. The molecule has 11 nitrogen and oxygen atoms in total. The van der Waals surface area contributed by atoms with Crippen LogP contribution in [0.1, 0.15) is 18.3 Å². The van der Waals surface area contributed by atoms with Gasteiger partial charge in [-0.05, 0) is 18.6 Å². The highest BCUT2D eigenvalue weighted by Gasteiger charge is 2.40. The Morgan fingerprint density at radius 1 is 1.38 bits per heavy atom. The number of hydrogen-bond donors (Lipinski definition) is 4.